The van der Waals surface area contributed by atoms with Crippen LogP contribution in [-0.2, 0) is 4.79 Å². The van der Waals surface area contributed by atoms with Gasteiger partial charge in [-0.3, -0.25) is 0 Å². The zero-order valence-corrected chi connectivity index (χ0v) is 10.8. The number of benzene rings is 2. The first-order chi connectivity index (χ1) is 8.49. The molecule has 3 nitrogen and oxygen atoms in total. The maximum absolute atomic E-state index is 10.8. The molecule has 0 radical (unpaired) electrons. The van der Waals surface area contributed by atoms with Crippen LogP contribution in [0.15, 0.2) is 47.4 Å². The third-order valence-electron chi connectivity index (χ3n) is 2.70. The average Bonchev–Trinajstić information content (AvgIpc) is 2.36. The SMILES string of the molecule is CC(O)(CSc1ccc2ccccc2c1)C(=O)O. The fraction of sp³-hybridized carbons (Fsp3) is 0.214. The Morgan fingerprint density at radius 3 is 2.56 bits per heavy atom. The second-order valence-electron chi connectivity index (χ2n) is 4.38. The van der Waals surface area contributed by atoms with Gasteiger partial charge in [0.05, 0.1) is 0 Å². The fourth-order valence-corrected chi connectivity index (χ4v) is 2.49. The normalized spacial score (nSPS) is 14.3. The molecule has 0 aliphatic carbocycles. The Morgan fingerprint density at radius 1 is 1.22 bits per heavy atom. The lowest BCUT2D eigenvalue weighted by molar-refractivity contribution is -0.154. The quantitative estimate of drug-likeness (QED) is 0.832. The van der Waals surface area contributed by atoms with Crippen molar-refractivity contribution in [3.05, 3.63) is 42.5 Å². The fourth-order valence-electron chi connectivity index (χ4n) is 1.54. The van der Waals surface area contributed by atoms with Gasteiger partial charge in [0.1, 0.15) is 0 Å². The second kappa shape index (κ2) is 5.00. The molecule has 0 saturated carbocycles. The van der Waals surface area contributed by atoms with Crippen LogP contribution in [0, 0.1) is 0 Å². The van der Waals surface area contributed by atoms with Crippen molar-refractivity contribution in [1.29, 1.82) is 0 Å². The number of carboxylic acids is 1. The van der Waals surface area contributed by atoms with Crippen LogP contribution in [0.5, 0.6) is 0 Å². The molecule has 2 rings (SSSR count). The molecular formula is C14H14O3S. The summed E-state index contributed by atoms with van der Waals surface area (Å²) in [7, 11) is 0. The van der Waals surface area contributed by atoms with Crippen LogP contribution in [0.1, 0.15) is 6.92 Å². The number of rotatable bonds is 4. The third kappa shape index (κ3) is 2.83. The van der Waals surface area contributed by atoms with E-state index in [2.05, 4.69) is 0 Å². The molecule has 4 heteroatoms. The van der Waals surface area contributed by atoms with Crippen molar-refractivity contribution in [2.24, 2.45) is 0 Å². The lowest BCUT2D eigenvalue weighted by atomic mass is 10.1. The Balaban J connectivity index is 2.15. The van der Waals surface area contributed by atoms with Crippen LogP contribution in [0.2, 0.25) is 0 Å². The van der Waals surface area contributed by atoms with Gasteiger partial charge in [-0.25, -0.2) is 4.79 Å². The molecule has 2 aromatic rings. The van der Waals surface area contributed by atoms with Gasteiger partial charge >= 0.3 is 5.97 Å². The number of thioether (sulfide) groups is 1. The van der Waals surface area contributed by atoms with E-state index in [4.69, 9.17) is 5.11 Å². The molecular weight excluding hydrogens is 248 g/mol. The van der Waals surface area contributed by atoms with Crippen LogP contribution in [0.4, 0.5) is 0 Å². The van der Waals surface area contributed by atoms with E-state index in [9.17, 15) is 9.90 Å². The van der Waals surface area contributed by atoms with E-state index < -0.39 is 11.6 Å². The maximum Gasteiger partial charge on any atom is 0.336 e. The predicted molar refractivity (Wildman–Crippen MR) is 72.9 cm³/mol. The molecule has 2 aromatic carbocycles. The van der Waals surface area contributed by atoms with Crippen molar-refractivity contribution in [2.45, 2.75) is 17.4 Å². The molecule has 94 valence electrons. The number of hydrogen-bond donors (Lipinski definition) is 2. The number of aliphatic carboxylic acids is 1. The summed E-state index contributed by atoms with van der Waals surface area (Å²) in [5, 5.41) is 20.7. The maximum atomic E-state index is 10.8. The second-order valence-corrected chi connectivity index (χ2v) is 5.43. The molecule has 2 N–H and O–H groups in total. The molecule has 0 heterocycles. The number of carboxylic acid groups (broad SMARTS) is 1. The summed E-state index contributed by atoms with van der Waals surface area (Å²) in [4.78, 5) is 11.7. The van der Waals surface area contributed by atoms with Gasteiger partial charge < -0.3 is 10.2 Å². The van der Waals surface area contributed by atoms with Gasteiger partial charge in [0, 0.05) is 10.6 Å². The highest BCUT2D eigenvalue weighted by Gasteiger charge is 2.29. The lowest BCUT2D eigenvalue weighted by Gasteiger charge is -2.17. The minimum atomic E-state index is -1.70. The smallest absolute Gasteiger partial charge is 0.336 e. The number of fused-ring (bicyclic) bond motifs is 1. The Labute approximate surface area is 109 Å². The van der Waals surface area contributed by atoms with E-state index in [1.807, 2.05) is 42.5 Å². The summed E-state index contributed by atoms with van der Waals surface area (Å²) in [6.07, 6.45) is 0. The van der Waals surface area contributed by atoms with E-state index in [0.717, 1.165) is 15.7 Å². The number of aliphatic hydroxyl groups is 1. The van der Waals surface area contributed by atoms with Gasteiger partial charge in [-0.2, -0.15) is 0 Å². The molecule has 0 amide bonds. The molecule has 0 aliphatic heterocycles. The van der Waals surface area contributed by atoms with E-state index in [1.54, 1.807) is 0 Å². The molecule has 0 aromatic heterocycles. The van der Waals surface area contributed by atoms with Crippen molar-refractivity contribution in [2.75, 3.05) is 5.75 Å². The van der Waals surface area contributed by atoms with Gasteiger partial charge in [-0.15, -0.1) is 11.8 Å². The number of carbonyl (C=O) groups is 1. The first-order valence-corrected chi connectivity index (χ1v) is 6.55. The Bertz CT molecular complexity index is 578. The minimum absolute atomic E-state index is 0.126. The van der Waals surface area contributed by atoms with Gasteiger partial charge in [-0.1, -0.05) is 30.3 Å². The molecule has 0 spiro atoms. The molecule has 0 bridgehead atoms. The minimum Gasteiger partial charge on any atom is -0.479 e. The van der Waals surface area contributed by atoms with Crippen molar-refractivity contribution >= 4 is 28.5 Å². The highest BCUT2D eigenvalue weighted by atomic mass is 32.2. The topological polar surface area (TPSA) is 57.5 Å². The zero-order chi connectivity index (χ0) is 13.2. The summed E-state index contributed by atoms with van der Waals surface area (Å²) in [5.41, 5.74) is -1.70. The van der Waals surface area contributed by atoms with Crippen molar-refractivity contribution in [3.8, 4) is 0 Å². The summed E-state index contributed by atoms with van der Waals surface area (Å²) in [5.74, 6) is -1.07. The van der Waals surface area contributed by atoms with Crippen molar-refractivity contribution in [3.63, 3.8) is 0 Å². The summed E-state index contributed by atoms with van der Waals surface area (Å²) in [6, 6.07) is 13.9. The van der Waals surface area contributed by atoms with E-state index in [-0.39, 0.29) is 5.75 Å². The third-order valence-corrected chi connectivity index (χ3v) is 4.00. The van der Waals surface area contributed by atoms with Crippen molar-refractivity contribution < 1.29 is 15.0 Å². The Kier molecular flexibility index (Phi) is 3.59. The van der Waals surface area contributed by atoms with Crippen LogP contribution < -0.4 is 0 Å². The molecule has 1 unspecified atom stereocenters. The lowest BCUT2D eigenvalue weighted by Crippen LogP contribution is -2.37. The molecule has 0 aliphatic rings. The van der Waals surface area contributed by atoms with Crippen LogP contribution in [0.3, 0.4) is 0 Å². The first-order valence-electron chi connectivity index (χ1n) is 5.56. The summed E-state index contributed by atoms with van der Waals surface area (Å²) < 4.78 is 0. The highest BCUT2D eigenvalue weighted by Crippen LogP contribution is 2.26. The first kappa shape index (κ1) is 12.9. The Morgan fingerprint density at radius 2 is 1.89 bits per heavy atom. The standard InChI is InChI=1S/C14H14O3S/c1-14(17,13(15)16)9-18-12-7-6-10-4-2-3-5-11(10)8-12/h2-8,17H,9H2,1H3,(H,15,16). The van der Waals surface area contributed by atoms with E-state index >= 15 is 0 Å². The predicted octanol–water partition coefficient (Wildman–Crippen LogP) is 2.77. The average molecular weight is 262 g/mol. The van der Waals surface area contributed by atoms with Crippen LogP contribution in [0.25, 0.3) is 10.8 Å². The highest BCUT2D eigenvalue weighted by molar-refractivity contribution is 7.99. The van der Waals surface area contributed by atoms with Gasteiger partial charge in [-0.05, 0) is 29.8 Å². The van der Waals surface area contributed by atoms with Gasteiger partial charge in [0.15, 0.2) is 5.60 Å². The number of hydrogen-bond acceptors (Lipinski definition) is 3. The van der Waals surface area contributed by atoms with Gasteiger partial charge in [0.2, 0.25) is 0 Å². The summed E-state index contributed by atoms with van der Waals surface area (Å²) in [6.45, 7) is 1.31. The molecule has 18 heavy (non-hydrogen) atoms. The summed E-state index contributed by atoms with van der Waals surface area (Å²) >= 11 is 1.34. The Hall–Kier alpha value is -1.52. The molecule has 0 fully saturated rings. The van der Waals surface area contributed by atoms with Crippen molar-refractivity contribution in [1.82, 2.24) is 0 Å². The van der Waals surface area contributed by atoms with E-state index in [0.29, 0.717) is 0 Å². The van der Waals surface area contributed by atoms with Gasteiger partial charge in [0.25, 0.3) is 0 Å². The van der Waals surface area contributed by atoms with E-state index in [1.165, 1.54) is 18.7 Å². The van der Waals surface area contributed by atoms with Crippen LogP contribution >= 0.6 is 11.8 Å². The molecule has 0 saturated heterocycles. The molecule has 1 atom stereocenters. The van der Waals surface area contributed by atoms with Crippen LogP contribution in [-0.4, -0.2) is 27.5 Å². The monoisotopic (exact) mass is 262 g/mol. The largest absolute Gasteiger partial charge is 0.479 e. The zero-order valence-electron chi connectivity index (χ0n) is 9.96.